The van der Waals surface area contributed by atoms with Crippen LogP contribution in [0.1, 0.15) is 12.8 Å². The van der Waals surface area contributed by atoms with Gasteiger partial charge in [-0.3, -0.25) is 0 Å². The number of anilines is 4. The normalized spacial score (nSPS) is 18.9. The second kappa shape index (κ2) is 9.02. The summed E-state index contributed by atoms with van der Waals surface area (Å²) in [6.07, 6.45) is 3.43. The van der Waals surface area contributed by atoms with Crippen LogP contribution in [0, 0.1) is 0 Å². The molecule has 4 heterocycles. The summed E-state index contributed by atoms with van der Waals surface area (Å²) in [5.74, 6) is 2.03. The van der Waals surface area contributed by atoms with Gasteiger partial charge < -0.3 is 30.0 Å². The maximum Gasteiger partial charge on any atom is 0.231 e. The smallest absolute Gasteiger partial charge is 0.231 e. The molecular formula is C21H27N7O4S. The summed E-state index contributed by atoms with van der Waals surface area (Å²) < 4.78 is 34.5. The predicted molar refractivity (Wildman–Crippen MR) is 126 cm³/mol. The number of nitrogens with zero attached hydrogens (tertiary/aromatic N) is 4. The second-order valence-corrected chi connectivity index (χ2v) is 10.5. The first-order valence-electron chi connectivity index (χ1n) is 11.0. The minimum Gasteiger partial charge on any atom is -0.494 e. The first-order valence-corrected chi connectivity index (χ1v) is 12.8. The van der Waals surface area contributed by atoms with E-state index in [0.717, 1.165) is 37.3 Å². The number of H-pyrrole nitrogens is 1. The number of hydrogen-bond donors (Lipinski definition) is 3. The monoisotopic (exact) mass is 473 g/mol. The molecule has 0 radical (unpaired) electrons. The van der Waals surface area contributed by atoms with E-state index in [1.807, 2.05) is 18.2 Å². The highest BCUT2D eigenvalue weighted by molar-refractivity contribution is 7.91. The van der Waals surface area contributed by atoms with Crippen LogP contribution >= 0.6 is 0 Å². The summed E-state index contributed by atoms with van der Waals surface area (Å²) in [6, 6.07) is 6.00. The predicted octanol–water partition coefficient (Wildman–Crippen LogP) is 1.93. The van der Waals surface area contributed by atoms with Crippen LogP contribution in [-0.2, 0) is 14.6 Å². The summed E-state index contributed by atoms with van der Waals surface area (Å²) in [6.45, 7) is 2.40. The summed E-state index contributed by atoms with van der Waals surface area (Å²) in [7, 11) is -1.34. The molecule has 5 rings (SSSR count). The zero-order valence-corrected chi connectivity index (χ0v) is 19.2. The Kier molecular flexibility index (Phi) is 5.94. The van der Waals surface area contributed by atoms with Gasteiger partial charge in [0.15, 0.2) is 21.3 Å². The lowest BCUT2D eigenvalue weighted by Crippen LogP contribution is -2.40. The van der Waals surface area contributed by atoms with Gasteiger partial charge in [-0.05, 0) is 25.0 Å². The average molecular weight is 474 g/mol. The number of hydrogen-bond acceptors (Lipinski definition) is 10. The van der Waals surface area contributed by atoms with Gasteiger partial charge in [-0.25, -0.2) is 13.4 Å². The SMILES string of the molecule is COc1cc(N2CCS(=O)(=O)CC2)ccc1Nc1nc(NC2CCOCC2)c2[nH]cnc2n1. The van der Waals surface area contributed by atoms with Crippen LogP contribution < -0.4 is 20.3 Å². The van der Waals surface area contributed by atoms with Gasteiger partial charge in [0.1, 0.15) is 11.3 Å². The van der Waals surface area contributed by atoms with Crippen molar-refractivity contribution >= 4 is 44.1 Å². The number of imidazole rings is 1. The van der Waals surface area contributed by atoms with Crippen LogP contribution in [-0.4, -0.2) is 79.3 Å². The number of fused-ring (bicyclic) bond motifs is 1. The van der Waals surface area contributed by atoms with E-state index in [4.69, 9.17) is 9.47 Å². The molecule has 2 saturated heterocycles. The average Bonchev–Trinajstić information content (AvgIpc) is 3.29. The van der Waals surface area contributed by atoms with Crippen molar-refractivity contribution in [3.05, 3.63) is 24.5 Å². The van der Waals surface area contributed by atoms with E-state index in [1.54, 1.807) is 13.4 Å². The van der Waals surface area contributed by atoms with Crippen molar-refractivity contribution in [3.63, 3.8) is 0 Å². The van der Waals surface area contributed by atoms with Crippen LogP contribution in [0.3, 0.4) is 0 Å². The van der Waals surface area contributed by atoms with Crippen LogP contribution in [0.5, 0.6) is 5.75 Å². The summed E-state index contributed by atoms with van der Waals surface area (Å²) in [5.41, 5.74) is 2.94. The van der Waals surface area contributed by atoms with Crippen molar-refractivity contribution < 1.29 is 17.9 Å². The van der Waals surface area contributed by atoms with Gasteiger partial charge in [-0.2, -0.15) is 9.97 Å². The van der Waals surface area contributed by atoms with Gasteiger partial charge in [0.2, 0.25) is 5.95 Å². The van der Waals surface area contributed by atoms with Gasteiger partial charge >= 0.3 is 0 Å². The van der Waals surface area contributed by atoms with Crippen molar-refractivity contribution in [1.29, 1.82) is 0 Å². The topological polar surface area (TPSA) is 134 Å². The lowest BCUT2D eigenvalue weighted by molar-refractivity contribution is 0.0904. The van der Waals surface area contributed by atoms with Gasteiger partial charge in [0.05, 0.1) is 30.6 Å². The number of ether oxygens (including phenoxy) is 2. The number of aromatic nitrogens is 4. The Morgan fingerprint density at radius 2 is 1.97 bits per heavy atom. The van der Waals surface area contributed by atoms with E-state index >= 15 is 0 Å². The first kappa shape index (κ1) is 21.7. The molecule has 11 nitrogen and oxygen atoms in total. The lowest BCUT2D eigenvalue weighted by atomic mass is 10.1. The van der Waals surface area contributed by atoms with E-state index in [2.05, 4.69) is 35.5 Å². The third-order valence-electron chi connectivity index (χ3n) is 5.99. The number of benzene rings is 1. The zero-order chi connectivity index (χ0) is 22.8. The lowest BCUT2D eigenvalue weighted by Gasteiger charge is -2.29. The molecule has 2 aromatic heterocycles. The van der Waals surface area contributed by atoms with Gasteiger partial charge in [0.25, 0.3) is 0 Å². The van der Waals surface area contributed by atoms with Crippen molar-refractivity contribution in [1.82, 2.24) is 19.9 Å². The molecule has 2 fully saturated rings. The number of rotatable bonds is 6. The maximum atomic E-state index is 11.7. The van der Waals surface area contributed by atoms with Gasteiger partial charge in [-0.15, -0.1) is 0 Å². The molecule has 3 aromatic rings. The molecule has 0 amide bonds. The zero-order valence-electron chi connectivity index (χ0n) is 18.4. The Balaban J connectivity index is 1.38. The Labute approximate surface area is 191 Å². The summed E-state index contributed by atoms with van der Waals surface area (Å²) >= 11 is 0. The molecule has 0 atom stereocenters. The minimum atomic E-state index is -2.94. The molecule has 0 bridgehead atoms. The number of nitrogens with one attached hydrogen (secondary N) is 3. The van der Waals surface area contributed by atoms with Crippen LogP contribution in [0.25, 0.3) is 11.2 Å². The molecule has 0 saturated carbocycles. The van der Waals surface area contributed by atoms with Crippen LogP contribution in [0.15, 0.2) is 24.5 Å². The van der Waals surface area contributed by atoms with E-state index in [0.29, 0.717) is 41.9 Å². The second-order valence-electron chi connectivity index (χ2n) is 8.18. The third kappa shape index (κ3) is 4.81. The molecule has 1 aromatic carbocycles. The standard InChI is InChI=1S/C21H27N7O4S/c1-31-17-12-15(28-6-10-33(29,30)11-7-28)2-3-16(17)25-21-26-19-18(22-13-23-19)20(27-21)24-14-4-8-32-9-5-14/h2-3,12-14H,4-11H2,1H3,(H3,22,23,24,25,26,27). The van der Waals surface area contributed by atoms with Gasteiger partial charge in [0, 0.05) is 44.1 Å². The quantitative estimate of drug-likeness (QED) is 0.487. The summed E-state index contributed by atoms with van der Waals surface area (Å²) in [4.78, 5) is 18.7. The van der Waals surface area contributed by atoms with E-state index in [-0.39, 0.29) is 17.5 Å². The van der Waals surface area contributed by atoms with Crippen molar-refractivity contribution in [2.75, 3.05) is 60.5 Å². The molecule has 0 aliphatic carbocycles. The number of sulfone groups is 1. The van der Waals surface area contributed by atoms with E-state index in [1.165, 1.54) is 0 Å². The van der Waals surface area contributed by atoms with Crippen molar-refractivity contribution in [2.45, 2.75) is 18.9 Å². The number of aromatic amines is 1. The summed E-state index contributed by atoms with van der Waals surface area (Å²) in [5, 5.41) is 6.74. The molecule has 33 heavy (non-hydrogen) atoms. The van der Waals surface area contributed by atoms with E-state index in [9.17, 15) is 8.42 Å². The fourth-order valence-electron chi connectivity index (χ4n) is 4.10. The van der Waals surface area contributed by atoms with E-state index < -0.39 is 9.84 Å². The maximum absolute atomic E-state index is 11.7. The molecule has 0 unspecified atom stereocenters. The fraction of sp³-hybridized carbons (Fsp3) is 0.476. The Morgan fingerprint density at radius 3 is 2.73 bits per heavy atom. The Morgan fingerprint density at radius 1 is 1.18 bits per heavy atom. The molecule has 2 aliphatic rings. The van der Waals surface area contributed by atoms with Crippen molar-refractivity contribution in [3.8, 4) is 5.75 Å². The van der Waals surface area contributed by atoms with Crippen LogP contribution in [0.4, 0.5) is 23.1 Å². The number of methoxy groups -OCH3 is 1. The highest BCUT2D eigenvalue weighted by Crippen LogP contribution is 2.33. The molecule has 0 spiro atoms. The largest absolute Gasteiger partial charge is 0.494 e. The van der Waals surface area contributed by atoms with Gasteiger partial charge in [-0.1, -0.05) is 0 Å². The minimum absolute atomic E-state index is 0.162. The first-order chi connectivity index (χ1) is 16.0. The highest BCUT2D eigenvalue weighted by Gasteiger charge is 2.23. The molecular weight excluding hydrogens is 446 g/mol. The molecule has 176 valence electrons. The molecule has 2 aliphatic heterocycles. The third-order valence-corrected chi connectivity index (χ3v) is 7.60. The molecule has 3 N–H and O–H groups in total. The molecule has 12 heteroatoms. The Hall–Kier alpha value is -3.12. The highest BCUT2D eigenvalue weighted by atomic mass is 32.2. The fourth-order valence-corrected chi connectivity index (χ4v) is 5.30. The Bertz CT molecular complexity index is 1230. The van der Waals surface area contributed by atoms with Crippen LogP contribution in [0.2, 0.25) is 0 Å². The van der Waals surface area contributed by atoms with Crippen molar-refractivity contribution in [2.24, 2.45) is 0 Å².